The van der Waals surface area contributed by atoms with Crippen LogP contribution in [0.5, 0.6) is 0 Å². The molecule has 5 atom stereocenters. The number of aliphatic hydroxyl groups excluding tert-OH is 1. The smallest absolute Gasteiger partial charge is 0.462 e. The molecule has 0 aromatic heterocycles. The van der Waals surface area contributed by atoms with Crippen molar-refractivity contribution in [2.45, 2.75) is 386 Å². The third-order valence-corrected chi connectivity index (χ3v) is 18.3. The predicted molar refractivity (Wildman–Crippen MR) is 359 cm³/mol. The Morgan fingerprint density at radius 2 is 0.449 bits per heavy atom. The van der Waals surface area contributed by atoms with Crippen LogP contribution in [0, 0.1) is 0 Å². The quantitative estimate of drug-likeness (QED) is 0.0222. The van der Waals surface area contributed by atoms with Crippen molar-refractivity contribution in [2.24, 2.45) is 0 Å². The fourth-order valence-electron chi connectivity index (χ4n) is 10.7. The molecule has 0 amide bonds. The molecule has 0 aliphatic rings. The summed E-state index contributed by atoms with van der Waals surface area (Å²) in [5.74, 6) is -2.13. The maximum Gasteiger partial charge on any atom is 0.472 e. The molecule has 0 saturated heterocycles. The highest BCUT2D eigenvalue weighted by atomic mass is 31.2. The van der Waals surface area contributed by atoms with Crippen LogP contribution in [-0.2, 0) is 65.4 Å². The van der Waals surface area contributed by atoms with Gasteiger partial charge >= 0.3 is 39.5 Å². The molecule has 2 unspecified atom stereocenters. The summed E-state index contributed by atoms with van der Waals surface area (Å²) in [4.78, 5) is 72.3. The fraction of sp³-hybridized carbons (Fsp3) is 0.943. The third kappa shape index (κ3) is 64.6. The summed E-state index contributed by atoms with van der Waals surface area (Å²) in [7, 11) is -9.89. The number of phosphoric acid groups is 2. The number of carbonyl (C=O) groups is 4. The van der Waals surface area contributed by atoms with Crippen LogP contribution in [0.1, 0.15) is 368 Å². The molecular weight excluding hydrogens is 1170 g/mol. The molecule has 17 nitrogen and oxygen atoms in total. The van der Waals surface area contributed by atoms with Crippen LogP contribution in [0.3, 0.4) is 0 Å². The topological polar surface area (TPSA) is 237 Å². The first-order chi connectivity index (χ1) is 43.2. The van der Waals surface area contributed by atoms with Gasteiger partial charge in [-0.05, 0) is 25.7 Å². The lowest BCUT2D eigenvalue weighted by atomic mass is 10.0. The van der Waals surface area contributed by atoms with Crippen molar-refractivity contribution in [3.63, 3.8) is 0 Å². The van der Waals surface area contributed by atoms with E-state index >= 15 is 0 Å². The molecule has 0 aliphatic heterocycles. The van der Waals surface area contributed by atoms with Gasteiger partial charge in [-0.1, -0.05) is 317 Å². The Bertz CT molecular complexity index is 1710. The Morgan fingerprint density at radius 3 is 0.663 bits per heavy atom. The minimum Gasteiger partial charge on any atom is -0.462 e. The summed E-state index contributed by atoms with van der Waals surface area (Å²) in [5, 5.41) is 10.6. The molecule has 3 N–H and O–H groups in total. The van der Waals surface area contributed by atoms with E-state index < -0.39 is 97.5 Å². The van der Waals surface area contributed by atoms with Crippen molar-refractivity contribution >= 4 is 39.5 Å². The Balaban J connectivity index is 5.15. The predicted octanol–water partition coefficient (Wildman–Crippen LogP) is 20.3. The van der Waals surface area contributed by atoms with Crippen LogP contribution in [0.25, 0.3) is 0 Å². The van der Waals surface area contributed by atoms with Crippen molar-refractivity contribution < 1.29 is 80.2 Å². The number of hydrogen-bond donors (Lipinski definition) is 3. The standard InChI is InChI=1S/C70H136O17P2/c1-5-9-13-17-20-23-26-28-30-32-34-36-39-42-45-49-53-57-70(75)87-66(61-81-68(73)55-51-47-43-40-38-35-33-31-29-27-24-21-18-14-10-6-2)63-85-89(78,79)83-59-64(71)58-82-88(76,77)84-62-65(60-80-67(72)54-50-46-16-12-8-4)86-69(74)56-52-48-44-41-37-25-22-19-15-11-7-3/h64-66,71H,5-63H2,1-4H3,(H,76,77)(H,78,79)/t64-,65+,66+/m0/s1. The van der Waals surface area contributed by atoms with Gasteiger partial charge < -0.3 is 33.8 Å². The molecule has 19 heteroatoms. The molecule has 0 saturated carbocycles. The van der Waals surface area contributed by atoms with Crippen molar-refractivity contribution in [1.82, 2.24) is 0 Å². The normalized spacial score (nSPS) is 14.0. The minimum absolute atomic E-state index is 0.106. The number of esters is 4. The molecule has 89 heavy (non-hydrogen) atoms. The summed E-state index contributed by atoms with van der Waals surface area (Å²) >= 11 is 0. The number of unbranched alkanes of at least 4 members (excludes halogenated alkanes) is 45. The molecule has 0 radical (unpaired) electrons. The Labute approximate surface area is 543 Å². The highest BCUT2D eigenvalue weighted by Crippen LogP contribution is 2.45. The molecule has 0 aromatic carbocycles. The Kier molecular flexibility index (Phi) is 63.3. The zero-order chi connectivity index (χ0) is 65.4. The van der Waals surface area contributed by atoms with E-state index in [0.717, 1.165) is 96.3 Å². The number of hydrogen-bond acceptors (Lipinski definition) is 15. The second-order valence-corrected chi connectivity index (χ2v) is 28.2. The van der Waals surface area contributed by atoms with E-state index in [4.69, 9.17) is 37.0 Å². The molecule has 0 bridgehead atoms. The van der Waals surface area contributed by atoms with Crippen LogP contribution in [0.15, 0.2) is 0 Å². The van der Waals surface area contributed by atoms with Crippen molar-refractivity contribution in [3.05, 3.63) is 0 Å². The molecule has 528 valence electrons. The monoisotopic (exact) mass is 1310 g/mol. The van der Waals surface area contributed by atoms with Gasteiger partial charge in [0.25, 0.3) is 0 Å². The summed E-state index contributed by atoms with van der Waals surface area (Å²) < 4.78 is 68.1. The van der Waals surface area contributed by atoms with Gasteiger partial charge in [0.1, 0.15) is 19.3 Å². The number of carbonyl (C=O) groups excluding carboxylic acids is 4. The van der Waals surface area contributed by atoms with Crippen molar-refractivity contribution in [1.29, 1.82) is 0 Å². The molecular formula is C70H136O17P2. The van der Waals surface area contributed by atoms with Gasteiger partial charge in [0.05, 0.1) is 26.4 Å². The third-order valence-electron chi connectivity index (χ3n) is 16.4. The Morgan fingerprint density at radius 1 is 0.270 bits per heavy atom. The maximum absolute atomic E-state index is 13.0. The highest BCUT2D eigenvalue weighted by Gasteiger charge is 2.30. The number of rotatable bonds is 71. The second kappa shape index (κ2) is 64.8. The van der Waals surface area contributed by atoms with Gasteiger partial charge in [0.2, 0.25) is 0 Å². The van der Waals surface area contributed by atoms with E-state index in [0.29, 0.717) is 25.7 Å². The summed E-state index contributed by atoms with van der Waals surface area (Å²) in [6.07, 6.45) is 53.1. The van der Waals surface area contributed by atoms with Gasteiger partial charge in [-0.25, -0.2) is 9.13 Å². The van der Waals surface area contributed by atoms with Gasteiger partial charge in [0.15, 0.2) is 12.2 Å². The van der Waals surface area contributed by atoms with Crippen LogP contribution in [0.2, 0.25) is 0 Å². The minimum atomic E-state index is -4.95. The molecule has 0 rings (SSSR count). The first kappa shape index (κ1) is 87.1. The van der Waals surface area contributed by atoms with Crippen molar-refractivity contribution in [3.8, 4) is 0 Å². The van der Waals surface area contributed by atoms with E-state index in [1.54, 1.807) is 0 Å². The first-order valence-corrected chi connectivity index (χ1v) is 39.8. The highest BCUT2D eigenvalue weighted by molar-refractivity contribution is 7.47. The average Bonchev–Trinajstić information content (AvgIpc) is 3.73. The van der Waals surface area contributed by atoms with E-state index in [1.807, 2.05) is 0 Å². The van der Waals surface area contributed by atoms with Crippen LogP contribution in [-0.4, -0.2) is 96.7 Å². The summed E-state index contributed by atoms with van der Waals surface area (Å²) in [6, 6.07) is 0. The fourth-order valence-corrected chi connectivity index (χ4v) is 12.3. The van der Waals surface area contributed by atoms with Gasteiger partial charge in [0, 0.05) is 25.7 Å². The van der Waals surface area contributed by atoms with E-state index in [2.05, 4.69) is 27.7 Å². The number of phosphoric ester groups is 2. The average molecular weight is 1310 g/mol. The molecule has 0 aromatic rings. The van der Waals surface area contributed by atoms with E-state index in [9.17, 15) is 43.2 Å². The zero-order valence-corrected chi connectivity index (χ0v) is 59.2. The van der Waals surface area contributed by atoms with Crippen LogP contribution >= 0.6 is 15.6 Å². The number of ether oxygens (including phenoxy) is 4. The molecule has 0 aliphatic carbocycles. The van der Waals surface area contributed by atoms with E-state index in [-0.39, 0.29) is 25.7 Å². The largest absolute Gasteiger partial charge is 0.472 e. The zero-order valence-electron chi connectivity index (χ0n) is 57.4. The van der Waals surface area contributed by atoms with Gasteiger partial charge in [-0.2, -0.15) is 0 Å². The number of aliphatic hydroxyl groups is 1. The lowest BCUT2D eigenvalue weighted by Crippen LogP contribution is -2.30. The SMILES string of the molecule is CCCCCCCCCCCCCCCCCCCC(=O)O[C@H](COC(=O)CCCCCCCCCCCCCCCCCC)COP(=O)(O)OC[C@@H](O)COP(=O)(O)OC[C@@H](COC(=O)CCCCCCC)OC(=O)CCCCCCCCCCCCC. The summed E-state index contributed by atoms with van der Waals surface area (Å²) in [5.41, 5.74) is 0. The van der Waals surface area contributed by atoms with Gasteiger partial charge in [-0.15, -0.1) is 0 Å². The molecule has 0 spiro atoms. The lowest BCUT2D eigenvalue weighted by Gasteiger charge is -2.21. The maximum atomic E-state index is 13.0. The molecule has 0 heterocycles. The Hall–Kier alpha value is -1.94. The lowest BCUT2D eigenvalue weighted by molar-refractivity contribution is -0.161. The van der Waals surface area contributed by atoms with Crippen LogP contribution < -0.4 is 0 Å². The van der Waals surface area contributed by atoms with Crippen LogP contribution in [0.4, 0.5) is 0 Å². The van der Waals surface area contributed by atoms with E-state index in [1.165, 1.54) is 193 Å². The van der Waals surface area contributed by atoms with Crippen molar-refractivity contribution in [2.75, 3.05) is 39.6 Å². The first-order valence-electron chi connectivity index (χ1n) is 36.8. The van der Waals surface area contributed by atoms with Gasteiger partial charge in [-0.3, -0.25) is 37.3 Å². The summed E-state index contributed by atoms with van der Waals surface area (Å²) in [6.45, 7) is 4.86. The second-order valence-electron chi connectivity index (χ2n) is 25.3. The molecule has 0 fully saturated rings.